The molecule has 0 nitrogen and oxygen atoms in total. The van der Waals surface area contributed by atoms with Gasteiger partial charge in [-0.3, -0.25) is 0 Å². The molecule has 0 unspecified atom stereocenters. The summed E-state index contributed by atoms with van der Waals surface area (Å²) >= 11 is 1.30. The van der Waals surface area contributed by atoms with Gasteiger partial charge >= 0.3 is 6.18 Å². The molecular formula is C15H17F3S. The van der Waals surface area contributed by atoms with Crippen molar-refractivity contribution in [3.63, 3.8) is 0 Å². The zero-order chi connectivity index (χ0) is 14.0. The molecule has 1 heterocycles. The largest absolute Gasteiger partial charge is 0.418 e. The average Bonchev–Trinajstić information content (AvgIpc) is 2.70. The molecule has 0 aliphatic heterocycles. The topological polar surface area (TPSA) is 0 Å². The molecule has 2 rings (SSSR count). The van der Waals surface area contributed by atoms with Gasteiger partial charge in [0.1, 0.15) is 0 Å². The Kier molecular flexibility index (Phi) is 4.19. The van der Waals surface area contributed by atoms with Gasteiger partial charge in [0.15, 0.2) is 0 Å². The molecule has 0 spiro atoms. The van der Waals surface area contributed by atoms with Crippen molar-refractivity contribution in [1.29, 1.82) is 0 Å². The highest BCUT2D eigenvalue weighted by atomic mass is 32.1. The molecule has 0 bridgehead atoms. The Hall–Kier alpha value is -1.03. The minimum Gasteiger partial charge on any atom is -0.166 e. The Labute approximate surface area is 115 Å². The second-order valence-corrected chi connectivity index (χ2v) is 5.87. The number of benzene rings is 1. The maximum atomic E-state index is 13.3. The van der Waals surface area contributed by atoms with E-state index in [-0.39, 0.29) is 0 Å². The summed E-state index contributed by atoms with van der Waals surface area (Å²) in [5, 5.41) is 0.723. The van der Waals surface area contributed by atoms with Crippen molar-refractivity contribution in [2.24, 2.45) is 0 Å². The molecule has 0 aliphatic rings. The van der Waals surface area contributed by atoms with Gasteiger partial charge in [-0.25, -0.2) is 0 Å². The maximum Gasteiger partial charge on any atom is 0.418 e. The fourth-order valence-electron chi connectivity index (χ4n) is 2.36. The van der Waals surface area contributed by atoms with Crippen LogP contribution in [0.1, 0.15) is 42.7 Å². The molecule has 0 atom stereocenters. The van der Waals surface area contributed by atoms with Gasteiger partial charge in [0.05, 0.1) is 5.56 Å². The molecule has 0 saturated heterocycles. The van der Waals surface area contributed by atoms with Crippen LogP contribution in [-0.2, 0) is 19.0 Å². The Morgan fingerprint density at radius 3 is 2.32 bits per heavy atom. The Bertz CT molecular complexity index is 567. The van der Waals surface area contributed by atoms with Crippen LogP contribution in [-0.4, -0.2) is 0 Å². The first-order valence-electron chi connectivity index (χ1n) is 6.58. The first-order valence-corrected chi connectivity index (χ1v) is 7.40. The fourth-order valence-corrected chi connectivity index (χ4v) is 3.70. The van der Waals surface area contributed by atoms with Crippen LogP contribution in [0, 0.1) is 0 Å². The third-order valence-corrected chi connectivity index (χ3v) is 4.35. The molecule has 104 valence electrons. The number of hydrogen-bond donors (Lipinski definition) is 0. The van der Waals surface area contributed by atoms with Gasteiger partial charge in [0.25, 0.3) is 0 Å². The maximum absolute atomic E-state index is 13.3. The van der Waals surface area contributed by atoms with E-state index >= 15 is 0 Å². The van der Waals surface area contributed by atoms with E-state index in [1.165, 1.54) is 11.3 Å². The van der Waals surface area contributed by atoms with Crippen LogP contribution < -0.4 is 0 Å². The number of rotatable bonds is 4. The van der Waals surface area contributed by atoms with Crippen molar-refractivity contribution < 1.29 is 13.2 Å². The number of alkyl halides is 3. The SMILES string of the molecule is CCCc1cc2ccc(CCC)c(C(F)(F)F)c2s1. The van der Waals surface area contributed by atoms with E-state index in [0.29, 0.717) is 16.7 Å². The summed E-state index contributed by atoms with van der Waals surface area (Å²) in [6.45, 7) is 3.94. The summed E-state index contributed by atoms with van der Waals surface area (Å²) in [6.07, 6.45) is -1.26. The Morgan fingerprint density at radius 1 is 1.05 bits per heavy atom. The van der Waals surface area contributed by atoms with E-state index < -0.39 is 11.7 Å². The van der Waals surface area contributed by atoms with E-state index in [1.54, 1.807) is 6.07 Å². The Balaban J connectivity index is 2.64. The van der Waals surface area contributed by atoms with Gasteiger partial charge in [0.2, 0.25) is 0 Å². The molecule has 0 fully saturated rings. The van der Waals surface area contributed by atoms with Crippen LogP contribution in [0.2, 0.25) is 0 Å². The zero-order valence-corrected chi connectivity index (χ0v) is 11.9. The number of hydrogen-bond acceptors (Lipinski definition) is 1. The van der Waals surface area contributed by atoms with E-state index in [0.717, 1.165) is 29.5 Å². The predicted octanol–water partition coefficient (Wildman–Crippen LogP) is 5.83. The molecule has 19 heavy (non-hydrogen) atoms. The third-order valence-electron chi connectivity index (χ3n) is 3.12. The van der Waals surface area contributed by atoms with E-state index in [4.69, 9.17) is 0 Å². The summed E-state index contributed by atoms with van der Waals surface area (Å²) in [4.78, 5) is 1.04. The van der Waals surface area contributed by atoms with Gasteiger partial charge in [-0.05, 0) is 29.9 Å². The predicted molar refractivity (Wildman–Crippen MR) is 74.8 cm³/mol. The first-order chi connectivity index (χ1) is 8.97. The molecule has 0 saturated carbocycles. The number of halogens is 3. The lowest BCUT2D eigenvalue weighted by Gasteiger charge is -2.13. The minimum absolute atomic E-state index is 0.405. The van der Waals surface area contributed by atoms with Crippen LogP contribution in [0.3, 0.4) is 0 Å². The molecule has 0 aliphatic carbocycles. The standard InChI is InChI=1S/C15H17F3S/c1-3-5-10-7-8-11-9-12(6-4-2)19-14(11)13(10)15(16,17)18/h7-9H,3-6H2,1-2H3. The molecule has 0 N–H and O–H groups in total. The second-order valence-electron chi connectivity index (χ2n) is 4.73. The highest BCUT2D eigenvalue weighted by molar-refractivity contribution is 7.19. The second kappa shape index (κ2) is 5.53. The van der Waals surface area contributed by atoms with Crippen molar-refractivity contribution in [2.75, 3.05) is 0 Å². The number of thiophene rings is 1. The van der Waals surface area contributed by atoms with Gasteiger partial charge in [-0.15, -0.1) is 11.3 Å². The summed E-state index contributed by atoms with van der Waals surface area (Å²) in [5.74, 6) is 0. The zero-order valence-electron chi connectivity index (χ0n) is 11.1. The third kappa shape index (κ3) is 2.94. The first kappa shape index (κ1) is 14.4. The van der Waals surface area contributed by atoms with Crippen molar-refractivity contribution in [3.05, 3.63) is 34.2 Å². The van der Waals surface area contributed by atoms with Gasteiger partial charge in [0, 0.05) is 9.58 Å². The van der Waals surface area contributed by atoms with E-state index in [2.05, 4.69) is 0 Å². The highest BCUT2D eigenvalue weighted by Gasteiger charge is 2.35. The number of fused-ring (bicyclic) bond motifs is 1. The van der Waals surface area contributed by atoms with Gasteiger partial charge in [-0.2, -0.15) is 13.2 Å². The summed E-state index contributed by atoms with van der Waals surface area (Å²) in [5.41, 5.74) is 0.00611. The van der Waals surface area contributed by atoms with Crippen LogP contribution in [0.5, 0.6) is 0 Å². The fraction of sp³-hybridized carbons (Fsp3) is 0.467. The summed E-state index contributed by atoms with van der Waals surface area (Å²) < 4.78 is 40.3. The number of aryl methyl sites for hydroxylation is 2. The summed E-state index contributed by atoms with van der Waals surface area (Å²) in [7, 11) is 0. The lowest BCUT2D eigenvalue weighted by molar-refractivity contribution is -0.136. The van der Waals surface area contributed by atoms with Gasteiger partial charge < -0.3 is 0 Å². The summed E-state index contributed by atoms with van der Waals surface area (Å²) in [6, 6.07) is 5.36. The normalized spacial score (nSPS) is 12.3. The van der Waals surface area contributed by atoms with Crippen molar-refractivity contribution in [2.45, 2.75) is 45.7 Å². The van der Waals surface area contributed by atoms with Crippen molar-refractivity contribution in [1.82, 2.24) is 0 Å². The van der Waals surface area contributed by atoms with Crippen LogP contribution in [0.15, 0.2) is 18.2 Å². The molecule has 4 heteroatoms. The molecule has 1 aromatic carbocycles. The van der Waals surface area contributed by atoms with E-state index in [1.807, 2.05) is 26.0 Å². The monoisotopic (exact) mass is 286 g/mol. The van der Waals surface area contributed by atoms with Crippen LogP contribution in [0.25, 0.3) is 10.1 Å². The molecular weight excluding hydrogens is 269 g/mol. The molecule has 1 aromatic heterocycles. The van der Waals surface area contributed by atoms with E-state index in [9.17, 15) is 13.2 Å². The quantitative estimate of drug-likeness (QED) is 0.663. The lowest BCUT2D eigenvalue weighted by atomic mass is 10.0. The van der Waals surface area contributed by atoms with Gasteiger partial charge in [-0.1, -0.05) is 38.8 Å². The molecule has 0 amide bonds. The average molecular weight is 286 g/mol. The lowest BCUT2D eigenvalue weighted by Crippen LogP contribution is -2.09. The Morgan fingerprint density at radius 2 is 1.74 bits per heavy atom. The highest BCUT2D eigenvalue weighted by Crippen LogP contribution is 2.41. The molecule has 2 aromatic rings. The smallest absolute Gasteiger partial charge is 0.166 e. The van der Waals surface area contributed by atoms with Crippen molar-refractivity contribution >= 4 is 21.4 Å². The molecule has 0 radical (unpaired) electrons. The van der Waals surface area contributed by atoms with Crippen molar-refractivity contribution in [3.8, 4) is 0 Å². The van der Waals surface area contributed by atoms with Crippen LogP contribution in [0.4, 0.5) is 13.2 Å². The van der Waals surface area contributed by atoms with Crippen LogP contribution >= 0.6 is 11.3 Å². The minimum atomic E-state index is -4.27.